The number of aromatic hydroxyl groups is 1. The zero-order valence-electron chi connectivity index (χ0n) is 14.0. The summed E-state index contributed by atoms with van der Waals surface area (Å²) < 4.78 is 5.56. The minimum Gasteiger partial charge on any atom is -0.506 e. The van der Waals surface area contributed by atoms with Crippen LogP contribution in [0.2, 0.25) is 0 Å². The highest BCUT2D eigenvalue weighted by Crippen LogP contribution is 2.25. The van der Waals surface area contributed by atoms with Crippen LogP contribution in [0.15, 0.2) is 26.8 Å². The van der Waals surface area contributed by atoms with Crippen molar-refractivity contribution in [3.8, 4) is 5.75 Å². The minimum atomic E-state index is -0.450. The first-order valence-corrected chi connectivity index (χ1v) is 9.47. The number of hydrogen-bond acceptors (Lipinski definition) is 6. The van der Waals surface area contributed by atoms with E-state index in [2.05, 4.69) is 38.1 Å². The summed E-state index contributed by atoms with van der Waals surface area (Å²) in [5, 5.41) is 14.2. The van der Waals surface area contributed by atoms with Gasteiger partial charge in [-0.05, 0) is 57.3 Å². The van der Waals surface area contributed by atoms with Gasteiger partial charge in [0.2, 0.25) is 5.95 Å². The Morgan fingerprint density at radius 2 is 1.85 bits per heavy atom. The van der Waals surface area contributed by atoms with Crippen molar-refractivity contribution >= 4 is 68.5 Å². The van der Waals surface area contributed by atoms with Crippen LogP contribution in [-0.2, 0) is 21.1 Å². The Hall–Kier alpha value is -1.90. The topological polar surface area (TPSA) is 106 Å². The number of anilines is 1. The first-order valence-electron chi connectivity index (χ1n) is 7.32. The van der Waals surface area contributed by atoms with Crippen molar-refractivity contribution in [2.75, 3.05) is 5.43 Å². The maximum atomic E-state index is 12.3. The van der Waals surface area contributed by atoms with Gasteiger partial charge in [0.1, 0.15) is 5.75 Å². The number of phenols is 1. The van der Waals surface area contributed by atoms with E-state index >= 15 is 0 Å². The lowest BCUT2D eigenvalue weighted by molar-refractivity contribution is 0.470. The van der Waals surface area contributed by atoms with Gasteiger partial charge < -0.3 is 9.67 Å². The third-order valence-electron chi connectivity index (χ3n) is 3.90. The van der Waals surface area contributed by atoms with E-state index in [0.717, 1.165) is 11.7 Å². The second-order valence-corrected chi connectivity index (χ2v) is 7.98. The van der Waals surface area contributed by atoms with Gasteiger partial charge >= 0.3 is 5.69 Å². The van der Waals surface area contributed by atoms with Gasteiger partial charge in [-0.25, -0.2) is 10.2 Å². The lowest BCUT2D eigenvalue weighted by atomic mass is 10.2. The van der Waals surface area contributed by atoms with Crippen LogP contribution in [0, 0.1) is 7.14 Å². The standard InChI is InChI=1S/C15H14I2N6O3/c1-21-10-12(22(2)15(26)23(3)13(10)25)19-14(21)20-18-6-7-4-8(16)5-9(17)11(7)24/h4-6,24H,1-3H3,(H,19,20)/b18-6-. The number of nitrogens with one attached hydrogen (secondary N) is 1. The Bertz CT molecular complexity index is 1180. The van der Waals surface area contributed by atoms with E-state index in [-0.39, 0.29) is 11.4 Å². The number of rotatable bonds is 3. The maximum Gasteiger partial charge on any atom is 0.332 e. The molecule has 0 aliphatic heterocycles. The molecule has 2 aromatic heterocycles. The predicted molar refractivity (Wildman–Crippen MR) is 116 cm³/mol. The summed E-state index contributed by atoms with van der Waals surface area (Å²) in [5.41, 5.74) is 2.98. The summed E-state index contributed by atoms with van der Waals surface area (Å²) in [6.07, 6.45) is 1.47. The fourth-order valence-electron chi connectivity index (χ4n) is 2.46. The molecule has 0 aliphatic carbocycles. The smallest absolute Gasteiger partial charge is 0.332 e. The average Bonchev–Trinajstić information content (AvgIpc) is 2.92. The van der Waals surface area contributed by atoms with Crippen LogP contribution in [0.4, 0.5) is 5.95 Å². The summed E-state index contributed by atoms with van der Waals surface area (Å²) in [6, 6.07) is 3.64. The highest BCUT2D eigenvalue weighted by molar-refractivity contribution is 14.1. The number of nitrogens with zero attached hydrogens (tertiary/aromatic N) is 5. The first kappa shape index (κ1) is 18.9. The van der Waals surface area contributed by atoms with Crippen molar-refractivity contribution in [2.45, 2.75) is 0 Å². The van der Waals surface area contributed by atoms with Crippen molar-refractivity contribution in [1.29, 1.82) is 0 Å². The molecule has 1 aromatic carbocycles. The number of hydrogen-bond donors (Lipinski definition) is 2. The van der Waals surface area contributed by atoms with Crippen LogP contribution >= 0.6 is 45.2 Å². The molecule has 3 rings (SSSR count). The molecule has 2 heterocycles. The van der Waals surface area contributed by atoms with Crippen molar-refractivity contribution in [3.05, 3.63) is 45.7 Å². The summed E-state index contributed by atoms with van der Waals surface area (Å²) in [6.45, 7) is 0. The highest BCUT2D eigenvalue weighted by atomic mass is 127. The number of halogens is 2. The fourth-order valence-corrected chi connectivity index (χ4v) is 4.35. The molecule has 3 aromatic rings. The number of aromatic nitrogens is 4. The summed E-state index contributed by atoms with van der Waals surface area (Å²) in [5.74, 6) is 0.437. The molecule has 26 heavy (non-hydrogen) atoms. The molecule has 11 heteroatoms. The van der Waals surface area contributed by atoms with Gasteiger partial charge in [0.05, 0.1) is 9.78 Å². The van der Waals surface area contributed by atoms with Crippen LogP contribution < -0.4 is 16.7 Å². The lowest BCUT2D eigenvalue weighted by Gasteiger charge is -2.04. The van der Waals surface area contributed by atoms with Gasteiger partial charge in [-0.3, -0.25) is 13.9 Å². The second kappa shape index (κ2) is 7.02. The highest BCUT2D eigenvalue weighted by Gasteiger charge is 2.16. The quantitative estimate of drug-likeness (QED) is 0.277. The van der Waals surface area contributed by atoms with Crippen molar-refractivity contribution < 1.29 is 5.11 Å². The first-order chi connectivity index (χ1) is 12.2. The molecule has 0 bridgehead atoms. The Balaban J connectivity index is 2.02. The molecule has 0 atom stereocenters. The van der Waals surface area contributed by atoms with Crippen molar-refractivity contribution in [2.24, 2.45) is 26.2 Å². The molecule has 0 saturated carbocycles. The molecule has 0 aliphatic rings. The summed E-state index contributed by atoms with van der Waals surface area (Å²) in [4.78, 5) is 28.6. The minimum absolute atomic E-state index is 0.137. The van der Waals surface area contributed by atoms with E-state index < -0.39 is 11.2 Å². The summed E-state index contributed by atoms with van der Waals surface area (Å²) in [7, 11) is 4.63. The van der Waals surface area contributed by atoms with E-state index in [0.29, 0.717) is 17.0 Å². The molecule has 0 saturated heterocycles. The van der Waals surface area contributed by atoms with Gasteiger partial charge in [0, 0.05) is 30.3 Å². The molecule has 2 N–H and O–H groups in total. The molecule has 0 spiro atoms. The van der Waals surface area contributed by atoms with Gasteiger partial charge in [-0.1, -0.05) is 0 Å². The molecule has 0 fully saturated rings. The maximum absolute atomic E-state index is 12.3. The van der Waals surface area contributed by atoms with Gasteiger partial charge in [-0.15, -0.1) is 0 Å². The SMILES string of the molecule is Cn1c(=O)c2c(nc(N/N=C\c3cc(I)cc(I)c3O)n2C)n(C)c1=O. The number of hydrazone groups is 1. The fraction of sp³-hybridized carbons (Fsp3) is 0.200. The Morgan fingerprint density at radius 3 is 2.54 bits per heavy atom. The van der Waals surface area contributed by atoms with E-state index in [1.807, 2.05) is 28.7 Å². The third kappa shape index (κ3) is 3.13. The van der Waals surface area contributed by atoms with Gasteiger partial charge in [0.15, 0.2) is 11.2 Å². The van der Waals surface area contributed by atoms with Crippen LogP contribution in [0.3, 0.4) is 0 Å². The average molecular weight is 580 g/mol. The number of aryl methyl sites for hydroxylation is 2. The van der Waals surface area contributed by atoms with Crippen LogP contribution in [0.25, 0.3) is 11.2 Å². The number of benzene rings is 1. The predicted octanol–water partition coefficient (Wildman–Crippen LogP) is 1.33. The third-order valence-corrected chi connectivity index (χ3v) is 5.35. The lowest BCUT2D eigenvalue weighted by Crippen LogP contribution is -2.37. The Kier molecular flexibility index (Phi) is 5.09. The van der Waals surface area contributed by atoms with Crippen LogP contribution in [-0.4, -0.2) is 30.0 Å². The van der Waals surface area contributed by atoms with Crippen molar-refractivity contribution in [3.63, 3.8) is 0 Å². The van der Waals surface area contributed by atoms with Gasteiger partial charge in [0.25, 0.3) is 5.56 Å². The van der Waals surface area contributed by atoms with Crippen LogP contribution in [0.5, 0.6) is 5.75 Å². The number of fused-ring (bicyclic) bond motifs is 1. The molecule has 0 unspecified atom stereocenters. The Morgan fingerprint density at radius 1 is 1.15 bits per heavy atom. The van der Waals surface area contributed by atoms with E-state index in [4.69, 9.17) is 0 Å². The largest absolute Gasteiger partial charge is 0.506 e. The van der Waals surface area contributed by atoms with E-state index in [9.17, 15) is 14.7 Å². The molecule has 9 nitrogen and oxygen atoms in total. The van der Waals surface area contributed by atoms with E-state index in [1.165, 1.54) is 22.4 Å². The number of phenolic OH excluding ortho intramolecular Hbond substituents is 1. The van der Waals surface area contributed by atoms with Crippen LogP contribution in [0.1, 0.15) is 5.56 Å². The molecular weight excluding hydrogens is 566 g/mol. The Labute approximate surface area is 174 Å². The number of imidazole rings is 1. The zero-order chi connectivity index (χ0) is 19.2. The summed E-state index contributed by atoms with van der Waals surface area (Å²) >= 11 is 4.20. The monoisotopic (exact) mass is 580 g/mol. The zero-order valence-corrected chi connectivity index (χ0v) is 18.3. The molecular formula is C15H14I2N6O3. The second-order valence-electron chi connectivity index (χ2n) is 5.57. The molecule has 0 radical (unpaired) electrons. The normalized spacial score (nSPS) is 11.6. The van der Waals surface area contributed by atoms with Gasteiger partial charge in [-0.2, -0.15) is 10.1 Å². The van der Waals surface area contributed by atoms with E-state index in [1.54, 1.807) is 20.2 Å². The van der Waals surface area contributed by atoms with Crippen molar-refractivity contribution in [1.82, 2.24) is 18.7 Å². The molecule has 136 valence electrons. The molecule has 0 amide bonds.